The lowest BCUT2D eigenvalue weighted by atomic mass is 10.0. The van der Waals surface area contributed by atoms with Crippen LogP contribution in [0.3, 0.4) is 0 Å². The Morgan fingerprint density at radius 3 is 2.04 bits per heavy atom. The molecule has 0 aliphatic carbocycles. The second-order valence-corrected chi connectivity index (χ2v) is 6.35. The van der Waals surface area contributed by atoms with E-state index in [0.717, 1.165) is 22.2 Å². The summed E-state index contributed by atoms with van der Waals surface area (Å²) in [6, 6.07) is 27.1. The van der Waals surface area contributed by atoms with Crippen LogP contribution in [0.4, 0.5) is 0 Å². The topological polar surface area (TPSA) is 26.0 Å². The van der Waals surface area contributed by atoms with Crippen molar-refractivity contribution >= 4 is 21.6 Å². The van der Waals surface area contributed by atoms with Crippen molar-refractivity contribution in [3.05, 3.63) is 101 Å². The van der Waals surface area contributed by atoms with E-state index >= 15 is 0 Å². The standard InChI is InChI=1S/C21H18BrN/c22-20-13-6-16(7-14-20)8-15-21(23)19-11-9-18(10-12-19)17-4-2-1-3-5-17/h1-7,9-15H,8,23H2/b21-15-. The summed E-state index contributed by atoms with van der Waals surface area (Å²) in [5.74, 6) is 0. The fourth-order valence-electron chi connectivity index (χ4n) is 2.45. The first kappa shape index (κ1) is 15.6. The van der Waals surface area contributed by atoms with Crippen molar-refractivity contribution in [1.82, 2.24) is 0 Å². The van der Waals surface area contributed by atoms with Gasteiger partial charge >= 0.3 is 0 Å². The van der Waals surface area contributed by atoms with Crippen molar-refractivity contribution < 1.29 is 0 Å². The Bertz CT molecular complexity index is 788. The molecule has 3 aromatic rings. The molecule has 2 heteroatoms. The highest BCUT2D eigenvalue weighted by molar-refractivity contribution is 9.10. The maximum Gasteiger partial charge on any atom is 0.0350 e. The summed E-state index contributed by atoms with van der Waals surface area (Å²) >= 11 is 3.45. The zero-order chi connectivity index (χ0) is 16.1. The second kappa shape index (κ2) is 7.30. The Balaban J connectivity index is 1.73. The number of hydrogen-bond acceptors (Lipinski definition) is 1. The maximum absolute atomic E-state index is 6.21. The molecule has 0 bridgehead atoms. The first-order chi connectivity index (χ1) is 11.2. The predicted octanol–water partition coefficient (Wildman–Crippen LogP) is 5.66. The maximum atomic E-state index is 6.21. The van der Waals surface area contributed by atoms with Crippen molar-refractivity contribution in [3.63, 3.8) is 0 Å². The smallest absolute Gasteiger partial charge is 0.0350 e. The number of rotatable bonds is 4. The summed E-state index contributed by atoms with van der Waals surface area (Å²) in [7, 11) is 0. The Morgan fingerprint density at radius 2 is 1.39 bits per heavy atom. The van der Waals surface area contributed by atoms with E-state index in [1.165, 1.54) is 16.7 Å². The average Bonchev–Trinajstić information content (AvgIpc) is 2.62. The number of benzene rings is 3. The van der Waals surface area contributed by atoms with Gasteiger partial charge < -0.3 is 5.73 Å². The van der Waals surface area contributed by atoms with Gasteiger partial charge in [0.05, 0.1) is 0 Å². The lowest BCUT2D eigenvalue weighted by molar-refractivity contribution is 1.26. The number of hydrogen-bond donors (Lipinski definition) is 1. The molecule has 3 aromatic carbocycles. The third kappa shape index (κ3) is 4.11. The van der Waals surface area contributed by atoms with E-state index < -0.39 is 0 Å². The first-order valence-corrected chi connectivity index (χ1v) is 8.37. The minimum Gasteiger partial charge on any atom is -0.398 e. The Kier molecular flexibility index (Phi) is 4.94. The summed E-state index contributed by atoms with van der Waals surface area (Å²) in [6.07, 6.45) is 2.90. The molecule has 2 N–H and O–H groups in total. The van der Waals surface area contributed by atoms with Crippen molar-refractivity contribution in [2.75, 3.05) is 0 Å². The molecule has 0 saturated heterocycles. The van der Waals surface area contributed by atoms with Crippen molar-refractivity contribution in [3.8, 4) is 11.1 Å². The normalized spacial score (nSPS) is 11.4. The van der Waals surface area contributed by atoms with Crippen LogP contribution in [0.5, 0.6) is 0 Å². The van der Waals surface area contributed by atoms with E-state index in [2.05, 4.69) is 82.7 Å². The molecule has 114 valence electrons. The number of allylic oxidation sites excluding steroid dienone is 1. The van der Waals surface area contributed by atoms with E-state index in [4.69, 9.17) is 5.73 Å². The van der Waals surface area contributed by atoms with Crippen LogP contribution in [0.15, 0.2) is 89.4 Å². The van der Waals surface area contributed by atoms with E-state index in [9.17, 15) is 0 Å². The van der Waals surface area contributed by atoms with Gasteiger partial charge in [0.15, 0.2) is 0 Å². The molecule has 0 unspecified atom stereocenters. The highest BCUT2D eigenvalue weighted by Gasteiger charge is 2.00. The zero-order valence-corrected chi connectivity index (χ0v) is 14.3. The van der Waals surface area contributed by atoms with Crippen molar-refractivity contribution in [2.45, 2.75) is 6.42 Å². The molecule has 0 saturated carbocycles. The van der Waals surface area contributed by atoms with Gasteiger partial charge in [-0.2, -0.15) is 0 Å². The minimum atomic E-state index is 0.813. The summed E-state index contributed by atoms with van der Waals surface area (Å²) in [6.45, 7) is 0. The highest BCUT2D eigenvalue weighted by Crippen LogP contribution is 2.21. The molecular formula is C21H18BrN. The van der Waals surface area contributed by atoms with Gasteiger partial charge in [-0.3, -0.25) is 0 Å². The fourth-order valence-corrected chi connectivity index (χ4v) is 2.72. The van der Waals surface area contributed by atoms with E-state index in [1.807, 2.05) is 18.2 Å². The molecule has 0 aliphatic rings. The van der Waals surface area contributed by atoms with Gasteiger partial charge in [-0.1, -0.05) is 88.7 Å². The number of nitrogens with two attached hydrogens (primary N) is 1. The largest absolute Gasteiger partial charge is 0.398 e. The molecule has 0 aromatic heterocycles. The Labute approximate surface area is 145 Å². The molecule has 0 spiro atoms. The summed E-state index contributed by atoms with van der Waals surface area (Å²) in [4.78, 5) is 0. The molecule has 0 aliphatic heterocycles. The molecular weight excluding hydrogens is 346 g/mol. The predicted molar refractivity (Wildman–Crippen MR) is 102 cm³/mol. The van der Waals surface area contributed by atoms with E-state index in [-0.39, 0.29) is 0 Å². The lowest BCUT2D eigenvalue weighted by Gasteiger charge is -2.05. The van der Waals surface area contributed by atoms with Crippen LogP contribution < -0.4 is 5.73 Å². The third-order valence-electron chi connectivity index (χ3n) is 3.80. The SMILES string of the molecule is N/C(=C\Cc1ccc(Br)cc1)c1ccc(-c2ccccc2)cc1. The molecule has 0 radical (unpaired) electrons. The zero-order valence-electron chi connectivity index (χ0n) is 12.7. The van der Waals surface area contributed by atoms with Crippen molar-refractivity contribution in [2.24, 2.45) is 5.73 Å². The van der Waals surface area contributed by atoms with Crippen LogP contribution in [0.2, 0.25) is 0 Å². The van der Waals surface area contributed by atoms with Gasteiger partial charge in [-0.25, -0.2) is 0 Å². The van der Waals surface area contributed by atoms with Gasteiger partial charge in [0.1, 0.15) is 0 Å². The molecule has 0 fully saturated rings. The molecule has 1 nitrogen and oxygen atoms in total. The molecule has 0 atom stereocenters. The molecule has 3 rings (SSSR count). The van der Waals surface area contributed by atoms with Gasteiger partial charge in [0, 0.05) is 10.2 Å². The van der Waals surface area contributed by atoms with Crippen molar-refractivity contribution in [1.29, 1.82) is 0 Å². The molecule has 0 heterocycles. The van der Waals surface area contributed by atoms with Crippen LogP contribution >= 0.6 is 15.9 Å². The van der Waals surface area contributed by atoms with Crippen LogP contribution in [0.25, 0.3) is 16.8 Å². The van der Waals surface area contributed by atoms with Crippen LogP contribution in [0, 0.1) is 0 Å². The second-order valence-electron chi connectivity index (χ2n) is 5.43. The van der Waals surface area contributed by atoms with Gasteiger partial charge in [0.2, 0.25) is 0 Å². The average molecular weight is 364 g/mol. The third-order valence-corrected chi connectivity index (χ3v) is 4.32. The summed E-state index contributed by atoms with van der Waals surface area (Å²) in [5, 5.41) is 0. The van der Waals surface area contributed by atoms with E-state index in [0.29, 0.717) is 0 Å². The lowest BCUT2D eigenvalue weighted by Crippen LogP contribution is -1.97. The quantitative estimate of drug-likeness (QED) is 0.635. The summed E-state index contributed by atoms with van der Waals surface area (Å²) < 4.78 is 1.09. The Morgan fingerprint density at radius 1 is 0.783 bits per heavy atom. The van der Waals surface area contributed by atoms with Crippen LogP contribution in [-0.4, -0.2) is 0 Å². The van der Waals surface area contributed by atoms with E-state index in [1.54, 1.807) is 0 Å². The van der Waals surface area contributed by atoms with Crippen LogP contribution in [0.1, 0.15) is 11.1 Å². The molecule has 0 amide bonds. The van der Waals surface area contributed by atoms with Gasteiger partial charge in [-0.05, 0) is 40.8 Å². The molecule has 23 heavy (non-hydrogen) atoms. The van der Waals surface area contributed by atoms with Crippen LogP contribution in [-0.2, 0) is 6.42 Å². The fraction of sp³-hybridized carbons (Fsp3) is 0.0476. The monoisotopic (exact) mass is 363 g/mol. The first-order valence-electron chi connectivity index (χ1n) is 7.58. The highest BCUT2D eigenvalue weighted by atomic mass is 79.9. The van der Waals surface area contributed by atoms with Gasteiger partial charge in [-0.15, -0.1) is 0 Å². The van der Waals surface area contributed by atoms with Gasteiger partial charge in [0.25, 0.3) is 0 Å². The minimum absolute atomic E-state index is 0.813. The Hall–Kier alpha value is -2.32. The number of halogens is 1. The summed E-state index contributed by atoms with van der Waals surface area (Å²) in [5.41, 5.74) is 11.8.